The number of hydrogen-bond acceptors (Lipinski definition) is 6. The lowest BCUT2D eigenvalue weighted by molar-refractivity contribution is 0.0601. The molecule has 9 nitrogen and oxygen atoms in total. The lowest BCUT2D eigenvalue weighted by Gasteiger charge is -2.24. The van der Waals surface area contributed by atoms with Gasteiger partial charge in [-0.15, -0.1) is 10.2 Å². The second-order valence-electron chi connectivity index (χ2n) is 7.11. The molecule has 28 heavy (non-hydrogen) atoms. The predicted octanol–water partition coefficient (Wildman–Crippen LogP) is 1.31. The number of rotatable bonds is 9. The minimum absolute atomic E-state index is 0.279. The summed E-state index contributed by atoms with van der Waals surface area (Å²) in [7, 11) is 3.59. The molecular weight excluding hydrogens is 360 g/mol. The maximum Gasteiger partial charge on any atom is 0.191 e. The van der Waals surface area contributed by atoms with Crippen LogP contribution in [0.15, 0.2) is 15.5 Å². The Bertz CT molecular complexity index is 794. The van der Waals surface area contributed by atoms with Crippen molar-refractivity contribution in [2.24, 2.45) is 12.0 Å². The van der Waals surface area contributed by atoms with E-state index >= 15 is 0 Å². The van der Waals surface area contributed by atoms with E-state index < -0.39 is 5.60 Å². The number of aliphatic hydroxyl groups is 1. The molecule has 9 heteroatoms. The summed E-state index contributed by atoms with van der Waals surface area (Å²) in [5, 5.41) is 25.6. The lowest BCUT2D eigenvalue weighted by atomic mass is 9.96. The Balaban J connectivity index is 2.06. The molecule has 0 saturated carbocycles. The summed E-state index contributed by atoms with van der Waals surface area (Å²) < 4.78 is 12.5. The van der Waals surface area contributed by atoms with Gasteiger partial charge in [0, 0.05) is 32.9 Å². The molecule has 2 heterocycles. The normalized spacial score (nSPS) is 14.2. The SMILES string of the molecule is COCCCNC(=NCc1nnc(C)n1C)NCC(C)(O)c1cc(C)oc1C. The maximum atomic E-state index is 10.9. The van der Waals surface area contributed by atoms with Crippen LogP contribution in [0.1, 0.15) is 42.1 Å². The number of hydrogen-bond donors (Lipinski definition) is 3. The Morgan fingerprint density at radius 2 is 2.07 bits per heavy atom. The summed E-state index contributed by atoms with van der Waals surface area (Å²) in [5.74, 6) is 3.68. The van der Waals surface area contributed by atoms with Crippen LogP contribution in [-0.4, -0.2) is 52.6 Å². The highest BCUT2D eigenvalue weighted by molar-refractivity contribution is 5.79. The fourth-order valence-electron chi connectivity index (χ4n) is 2.85. The topological polar surface area (TPSA) is 110 Å². The molecule has 3 N–H and O–H groups in total. The van der Waals surface area contributed by atoms with Gasteiger partial charge in [0.2, 0.25) is 0 Å². The van der Waals surface area contributed by atoms with E-state index in [-0.39, 0.29) is 6.54 Å². The standard InChI is InChI=1S/C19H32N6O3/c1-13-10-16(14(2)28-13)19(4,26)12-22-18(20-8-7-9-27-6)21-11-17-24-23-15(3)25(17)5/h10,26H,7-9,11-12H2,1-6H3,(H2,20,21,22). The Morgan fingerprint density at radius 1 is 1.32 bits per heavy atom. The van der Waals surface area contributed by atoms with Crippen molar-refractivity contribution in [1.29, 1.82) is 0 Å². The van der Waals surface area contributed by atoms with Crippen LogP contribution in [-0.2, 0) is 23.9 Å². The summed E-state index contributed by atoms with van der Waals surface area (Å²) in [6.07, 6.45) is 0.844. The first-order valence-corrected chi connectivity index (χ1v) is 9.40. The zero-order chi connectivity index (χ0) is 20.7. The summed E-state index contributed by atoms with van der Waals surface area (Å²) in [6.45, 7) is 9.39. The van der Waals surface area contributed by atoms with Gasteiger partial charge in [-0.3, -0.25) is 0 Å². The molecule has 0 amide bonds. The Hall–Kier alpha value is -2.39. The first kappa shape index (κ1) is 21.9. The molecule has 0 fully saturated rings. The fraction of sp³-hybridized carbons (Fsp3) is 0.632. The van der Waals surface area contributed by atoms with Crippen molar-refractivity contribution in [1.82, 2.24) is 25.4 Å². The van der Waals surface area contributed by atoms with E-state index in [0.29, 0.717) is 31.4 Å². The van der Waals surface area contributed by atoms with Crippen LogP contribution in [0.25, 0.3) is 0 Å². The first-order valence-electron chi connectivity index (χ1n) is 9.40. The van der Waals surface area contributed by atoms with Crippen LogP contribution in [0.3, 0.4) is 0 Å². The summed E-state index contributed by atoms with van der Waals surface area (Å²) in [5.41, 5.74) is -0.335. The number of aryl methyl sites for hydroxylation is 3. The first-order chi connectivity index (χ1) is 13.2. The van der Waals surface area contributed by atoms with Crippen molar-refractivity contribution in [3.8, 4) is 0 Å². The van der Waals surface area contributed by atoms with Gasteiger partial charge in [-0.25, -0.2) is 4.99 Å². The average molecular weight is 393 g/mol. The quantitative estimate of drug-likeness (QED) is 0.335. The van der Waals surface area contributed by atoms with Gasteiger partial charge in [0.1, 0.15) is 29.5 Å². The highest BCUT2D eigenvalue weighted by atomic mass is 16.5. The van der Waals surface area contributed by atoms with Crippen molar-refractivity contribution in [2.75, 3.05) is 26.8 Å². The van der Waals surface area contributed by atoms with E-state index in [2.05, 4.69) is 25.8 Å². The van der Waals surface area contributed by atoms with Gasteiger partial charge < -0.3 is 29.5 Å². The van der Waals surface area contributed by atoms with Gasteiger partial charge in [-0.2, -0.15) is 0 Å². The molecule has 0 aliphatic heterocycles. The number of nitrogens with zero attached hydrogens (tertiary/aromatic N) is 4. The summed E-state index contributed by atoms with van der Waals surface area (Å²) in [6, 6.07) is 1.86. The van der Waals surface area contributed by atoms with Crippen molar-refractivity contribution in [3.63, 3.8) is 0 Å². The number of ether oxygens (including phenoxy) is 1. The maximum absolute atomic E-state index is 10.9. The zero-order valence-corrected chi connectivity index (χ0v) is 17.7. The fourth-order valence-corrected chi connectivity index (χ4v) is 2.85. The molecular formula is C19H32N6O3. The predicted molar refractivity (Wildman–Crippen MR) is 107 cm³/mol. The number of furan rings is 1. The van der Waals surface area contributed by atoms with E-state index in [0.717, 1.165) is 29.4 Å². The number of aromatic nitrogens is 3. The molecule has 1 unspecified atom stereocenters. The van der Waals surface area contributed by atoms with Gasteiger partial charge in [0.05, 0.1) is 6.54 Å². The molecule has 0 spiro atoms. The molecule has 0 aromatic carbocycles. The summed E-state index contributed by atoms with van der Waals surface area (Å²) in [4.78, 5) is 4.59. The van der Waals surface area contributed by atoms with Gasteiger partial charge in [0.15, 0.2) is 11.8 Å². The highest BCUT2D eigenvalue weighted by Gasteiger charge is 2.28. The Kier molecular flexibility index (Phi) is 7.59. The van der Waals surface area contributed by atoms with Gasteiger partial charge in [0.25, 0.3) is 0 Å². The second-order valence-corrected chi connectivity index (χ2v) is 7.11. The number of methoxy groups -OCH3 is 1. The van der Waals surface area contributed by atoms with Gasteiger partial charge in [-0.1, -0.05) is 0 Å². The van der Waals surface area contributed by atoms with Crippen LogP contribution in [0.5, 0.6) is 0 Å². The van der Waals surface area contributed by atoms with Crippen LogP contribution in [0.4, 0.5) is 0 Å². The number of aliphatic imine (C=N–C) groups is 1. The molecule has 156 valence electrons. The van der Waals surface area contributed by atoms with E-state index in [1.54, 1.807) is 14.0 Å². The third-order valence-electron chi connectivity index (χ3n) is 4.60. The molecule has 1 atom stereocenters. The third-order valence-corrected chi connectivity index (χ3v) is 4.60. The van der Waals surface area contributed by atoms with Crippen molar-refractivity contribution in [3.05, 3.63) is 34.8 Å². The van der Waals surface area contributed by atoms with Crippen LogP contribution in [0, 0.1) is 20.8 Å². The minimum atomic E-state index is -1.10. The molecule has 0 aliphatic carbocycles. The van der Waals surface area contributed by atoms with E-state index in [4.69, 9.17) is 9.15 Å². The van der Waals surface area contributed by atoms with Gasteiger partial charge in [-0.05, 0) is 40.2 Å². The average Bonchev–Trinajstić information content (AvgIpc) is 3.15. The second kappa shape index (κ2) is 9.70. The molecule has 2 aromatic rings. The smallest absolute Gasteiger partial charge is 0.191 e. The molecule has 0 aliphatic rings. The Morgan fingerprint density at radius 3 is 2.64 bits per heavy atom. The number of guanidine groups is 1. The van der Waals surface area contributed by atoms with Crippen molar-refractivity contribution < 1.29 is 14.3 Å². The highest BCUT2D eigenvalue weighted by Crippen LogP contribution is 2.26. The van der Waals surface area contributed by atoms with Gasteiger partial charge >= 0.3 is 0 Å². The van der Waals surface area contributed by atoms with Crippen molar-refractivity contribution >= 4 is 5.96 Å². The van der Waals surface area contributed by atoms with Crippen LogP contribution >= 0.6 is 0 Å². The van der Waals surface area contributed by atoms with Crippen molar-refractivity contribution in [2.45, 2.75) is 46.3 Å². The molecule has 0 saturated heterocycles. The van der Waals surface area contributed by atoms with E-state index in [1.165, 1.54) is 0 Å². The van der Waals surface area contributed by atoms with Crippen LogP contribution < -0.4 is 10.6 Å². The number of nitrogens with one attached hydrogen (secondary N) is 2. The summed E-state index contributed by atoms with van der Waals surface area (Å²) >= 11 is 0. The minimum Gasteiger partial charge on any atom is -0.466 e. The molecule has 0 radical (unpaired) electrons. The molecule has 0 bridgehead atoms. The monoisotopic (exact) mass is 392 g/mol. The molecule has 2 aromatic heterocycles. The lowest BCUT2D eigenvalue weighted by Crippen LogP contribution is -2.45. The largest absolute Gasteiger partial charge is 0.466 e. The third kappa shape index (κ3) is 5.80. The molecule has 2 rings (SSSR count). The Labute approximate surface area is 166 Å². The van der Waals surface area contributed by atoms with E-state index in [1.807, 2.05) is 38.5 Å². The van der Waals surface area contributed by atoms with E-state index in [9.17, 15) is 5.11 Å². The zero-order valence-electron chi connectivity index (χ0n) is 17.7. The van der Waals surface area contributed by atoms with Crippen LogP contribution in [0.2, 0.25) is 0 Å².